The minimum Gasteiger partial charge on any atom is -0.397 e. The van der Waals surface area contributed by atoms with Crippen LogP contribution in [0.3, 0.4) is 0 Å². The van der Waals surface area contributed by atoms with E-state index in [1.54, 1.807) is 0 Å². The first kappa shape index (κ1) is 13.9. The number of amides is 1. The second kappa shape index (κ2) is 5.61. The van der Waals surface area contributed by atoms with E-state index in [4.69, 9.17) is 5.73 Å². The smallest absolute Gasteiger partial charge is 0.263 e. The first-order chi connectivity index (χ1) is 9.04. The number of nitrogens with two attached hydrogens (primary N) is 1. The third-order valence-electron chi connectivity index (χ3n) is 3.47. The lowest BCUT2D eigenvalue weighted by Gasteiger charge is -2.09. The van der Waals surface area contributed by atoms with Gasteiger partial charge in [-0.2, -0.15) is 0 Å². The molecule has 102 valence electrons. The van der Waals surface area contributed by atoms with Crippen molar-refractivity contribution in [3.63, 3.8) is 0 Å². The van der Waals surface area contributed by atoms with Gasteiger partial charge in [-0.25, -0.2) is 0 Å². The average molecular weight is 276 g/mol. The van der Waals surface area contributed by atoms with Crippen LogP contribution in [-0.4, -0.2) is 12.5 Å². The minimum absolute atomic E-state index is 0.0570. The van der Waals surface area contributed by atoms with Crippen molar-refractivity contribution in [1.82, 2.24) is 5.32 Å². The molecule has 1 atom stereocenters. The van der Waals surface area contributed by atoms with Crippen LogP contribution in [0.5, 0.6) is 0 Å². The number of carbonyl (C=O) groups excluding carboxylic acids is 1. The molecule has 0 fully saturated rings. The number of nitrogen functional groups attached to an aromatic ring is 1. The molecule has 1 heterocycles. The summed E-state index contributed by atoms with van der Waals surface area (Å²) in [6.07, 6.45) is 1.06. The number of rotatable bonds is 4. The number of benzene rings is 1. The van der Waals surface area contributed by atoms with Crippen molar-refractivity contribution < 1.29 is 4.79 Å². The second-order valence-electron chi connectivity index (χ2n) is 5.02. The van der Waals surface area contributed by atoms with Gasteiger partial charge in [0.1, 0.15) is 4.88 Å². The molecule has 1 amide bonds. The van der Waals surface area contributed by atoms with E-state index in [0.717, 1.165) is 22.1 Å². The Labute approximate surface area is 117 Å². The number of carbonyl (C=O) groups is 1. The topological polar surface area (TPSA) is 55.1 Å². The van der Waals surface area contributed by atoms with Crippen LogP contribution in [0.2, 0.25) is 0 Å². The first-order valence-corrected chi connectivity index (χ1v) is 7.42. The van der Waals surface area contributed by atoms with E-state index in [-0.39, 0.29) is 5.91 Å². The van der Waals surface area contributed by atoms with Gasteiger partial charge < -0.3 is 11.1 Å². The third kappa shape index (κ3) is 2.73. The van der Waals surface area contributed by atoms with Gasteiger partial charge in [-0.1, -0.05) is 38.5 Å². The molecular weight excluding hydrogens is 256 g/mol. The molecule has 0 aliphatic heterocycles. The number of thiophene rings is 1. The van der Waals surface area contributed by atoms with E-state index < -0.39 is 0 Å². The van der Waals surface area contributed by atoms with Crippen LogP contribution in [0.15, 0.2) is 18.2 Å². The highest BCUT2D eigenvalue weighted by Gasteiger charge is 2.17. The molecule has 2 aromatic rings. The summed E-state index contributed by atoms with van der Waals surface area (Å²) in [5.74, 6) is 0.430. The molecule has 2 rings (SSSR count). The number of anilines is 1. The van der Waals surface area contributed by atoms with Crippen molar-refractivity contribution in [2.45, 2.75) is 27.2 Å². The van der Waals surface area contributed by atoms with E-state index >= 15 is 0 Å². The zero-order valence-corrected chi connectivity index (χ0v) is 12.4. The molecule has 0 saturated carbocycles. The van der Waals surface area contributed by atoms with E-state index in [2.05, 4.69) is 19.2 Å². The molecule has 3 N–H and O–H groups in total. The van der Waals surface area contributed by atoms with Gasteiger partial charge in [0.05, 0.1) is 5.69 Å². The molecular formula is C15H20N2OS. The average Bonchev–Trinajstić information content (AvgIpc) is 2.75. The molecule has 0 bridgehead atoms. The Hall–Kier alpha value is -1.55. The Balaban J connectivity index is 2.28. The Morgan fingerprint density at radius 3 is 2.84 bits per heavy atom. The maximum absolute atomic E-state index is 12.2. The standard InChI is InChI=1S/C15H20N2OS/c1-4-9(2)8-17-15(18)14-12(16)11-7-5-6-10(3)13(11)19-14/h5-7,9H,4,8,16H2,1-3H3,(H,17,18). The van der Waals surface area contributed by atoms with E-state index in [1.165, 1.54) is 11.3 Å². The minimum atomic E-state index is -0.0570. The van der Waals surface area contributed by atoms with Gasteiger partial charge in [0.2, 0.25) is 0 Å². The molecule has 1 aromatic carbocycles. The molecule has 1 aromatic heterocycles. The summed E-state index contributed by atoms with van der Waals surface area (Å²) < 4.78 is 1.11. The van der Waals surface area contributed by atoms with Gasteiger partial charge in [0, 0.05) is 16.6 Å². The summed E-state index contributed by atoms with van der Waals surface area (Å²) >= 11 is 1.48. The highest BCUT2D eigenvalue weighted by molar-refractivity contribution is 7.21. The maximum atomic E-state index is 12.2. The zero-order valence-electron chi connectivity index (χ0n) is 11.6. The molecule has 19 heavy (non-hydrogen) atoms. The normalized spacial score (nSPS) is 12.6. The second-order valence-corrected chi connectivity index (χ2v) is 6.04. The molecule has 4 heteroatoms. The monoisotopic (exact) mass is 276 g/mol. The van der Waals surface area contributed by atoms with Crippen molar-refractivity contribution in [3.8, 4) is 0 Å². The Kier molecular flexibility index (Phi) is 4.10. The predicted molar refractivity (Wildman–Crippen MR) is 82.8 cm³/mol. The van der Waals surface area contributed by atoms with Crippen molar-refractivity contribution in [2.24, 2.45) is 5.92 Å². The fourth-order valence-corrected chi connectivity index (χ4v) is 3.05. The largest absolute Gasteiger partial charge is 0.397 e. The summed E-state index contributed by atoms with van der Waals surface area (Å²) in [5, 5.41) is 3.95. The lowest BCUT2D eigenvalue weighted by atomic mass is 10.1. The third-order valence-corrected chi connectivity index (χ3v) is 4.82. The highest BCUT2D eigenvalue weighted by Crippen LogP contribution is 2.35. The molecule has 0 saturated heterocycles. The fraction of sp³-hybridized carbons (Fsp3) is 0.400. The van der Waals surface area contributed by atoms with Crippen LogP contribution in [0.25, 0.3) is 10.1 Å². The van der Waals surface area contributed by atoms with Gasteiger partial charge >= 0.3 is 0 Å². The summed E-state index contributed by atoms with van der Waals surface area (Å²) in [6.45, 7) is 6.98. The number of hydrogen-bond donors (Lipinski definition) is 2. The Morgan fingerprint density at radius 1 is 1.47 bits per heavy atom. The Bertz CT molecular complexity index is 603. The van der Waals surface area contributed by atoms with Gasteiger partial charge in [0.25, 0.3) is 5.91 Å². The molecule has 3 nitrogen and oxygen atoms in total. The molecule has 0 aliphatic carbocycles. The number of fused-ring (bicyclic) bond motifs is 1. The van der Waals surface area contributed by atoms with Crippen molar-refractivity contribution >= 4 is 33.0 Å². The fourth-order valence-electron chi connectivity index (χ4n) is 1.94. The predicted octanol–water partition coefficient (Wildman–Crippen LogP) is 3.57. The number of hydrogen-bond acceptors (Lipinski definition) is 3. The first-order valence-electron chi connectivity index (χ1n) is 6.60. The quantitative estimate of drug-likeness (QED) is 0.897. The van der Waals surface area contributed by atoms with E-state index in [1.807, 2.05) is 25.1 Å². The summed E-state index contributed by atoms with van der Waals surface area (Å²) in [5.41, 5.74) is 7.86. The lowest BCUT2D eigenvalue weighted by Crippen LogP contribution is -2.27. The van der Waals surface area contributed by atoms with Gasteiger partial charge in [-0.3, -0.25) is 4.79 Å². The van der Waals surface area contributed by atoms with Crippen LogP contribution < -0.4 is 11.1 Å². The lowest BCUT2D eigenvalue weighted by molar-refractivity contribution is 0.0953. The van der Waals surface area contributed by atoms with Crippen LogP contribution in [0.4, 0.5) is 5.69 Å². The molecule has 1 unspecified atom stereocenters. The number of nitrogens with one attached hydrogen (secondary N) is 1. The van der Waals surface area contributed by atoms with Crippen LogP contribution in [0, 0.1) is 12.8 Å². The van der Waals surface area contributed by atoms with E-state index in [0.29, 0.717) is 23.0 Å². The molecule has 0 radical (unpaired) electrons. The molecule has 0 spiro atoms. The number of aryl methyl sites for hydroxylation is 1. The van der Waals surface area contributed by atoms with Crippen molar-refractivity contribution in [3.05, 3.63) is 28.6 Å². The van der Waals surface area contributed by atoms with Crippen molar-refractivity contribution in [1.29, 1.82) is 0 Å². The van der Waals surface area contributed by atoms with E-state index in [9.17, 15) is 4.79 Å². The van der Waals surface area contributed by atoms with Crippen molar-refractivity contribution in [2.75, 3.05) is 12.3 Å². The van der Waals surface area contributed by atoms with Gasteiger partial charge in [0.15, 0.2) is 0 Å². The van der Waals surface area contributed by atoms with Crippen LogP contribution in [-0.2, 0) is 0 Å². The summed E-state index contributed by atoms with van der Waals surface area (Å²) in [7, 11) is 0. The SMILES string of the molecule is CCC(C)CNC(=O)c1sc2c(C)cccc2c1N. The highest BCUT2D eigenvalue weighted by atomic mass is 32.1. The maximum Gasteiger partial charge on any atom is 0.263 e. The van der Waals surface area contributed by atoms with Gasteiger partial charge in [-0.15, -0.1) is 11.3 Å². The molecule has 0 aliphatic rings. The summed E-state index contributed by atoms with van der Waals surface area (Å²) in [6, 6.07) is 5.99. The zero-order chi connectivity index (χ0) is 14.0. The van der Waals surface area contributed by atoms with Gasteiger partial charge in [-0.05, 0) is 18.4 Å². The summed E-state index contributed by atoms with van der Waals surface area (Å²) in [4.78, 5) is 12.8. The van der Waals surface area contributed by atoms with Crippen LogP contribution in [0.1, 0.15) is 35.5 Å². The Morgan fingerprint density at radius 2 is 2.21 bits per heavy atom. The van der Waals surface area contributed by atoms with Crippen LogP contribution >= 0.6 is 11.3 Å².